The van der Waals surface area contributed by atoms with Crippen LogP contribution in [0.1, 0.15) is 25.8 Å². The Morgan fingerprint density at radius 3 is 2.45 bits per heavy atom. The summed E-state index contributed by atoms with van der Waals surface area (Å²) in [7, 11) is 0. The lowest BCUT2D eigenvalue weighted by Crippen LogP contribution is -2.21. The lowest BCUT2D eigenvalue weighted by atomic mass is 10.1. The molecule has 1 heterocycles. The lowest BCUT2D eigenvalue weighted by Gasteiger charge is -2.21. The van der Waals surface area contributed by atoms with Crippen LogP contribution >= 0.6 is 0 Å². The number of anilines is 2. The SMILES string of the molecule is CCN(CC)c1ccc(NC(=O)CCc2cccnc2)cc1. The quantitative estimate of drug-likeness (QED) is 0.850. The summed E-state index contributed by atoms with van der Waals surface area (Å²) < 4.78 is 0. The van der Waals surface area contributed by atoms with Crippen LogP contribution in [-0.4, -0.2) is 24.0 Å². The van der Waals surface area contributed by atoms with Crippen molar-refractivity contribution < 1.29 is 4.79 Å². The molecule has 1 aromatic heterocycles. The van der Waals surface area contributed by atoms with Crippen LogP contribution < -0.4 is 10.2 Å². The number of aryl methyl sites for hydroxylation is 1. The van der Waals surface area contributed by atoms with Gasteiger partial charge in [0.1, 0.15) is 0 Å². The minimum Gasteiger partial charge on any atom is -0.372 e. The highest BCUT2D eigenvalue weighted by Gasteiger charge is 2.05. The van der Waals surface area contributed by atoms with E-state index >= 15 is 0 Å². The first-order valence-electron chi connectivity index (χ1n) is 7.76. The van der Waals surface area contributed by atoms with Gasteiger partial charge in [-0.05, 0) is 56.2 Å². The Kier molecular flexibility index (Phi) is 5.95. The van der Waals surface area contributed by atoms with Gasteiger partial charge in [0, 0.05) is 43.3 Å². The zero-order valence-electron chi connectivity index (χ0n) is 13.2. The van der Waals surface area contributed by atoms with E-state index in [4.69, 9.17) is 0 Å². The maximum absolute atomic E-state index is 12.0. The second kappa shape index (κ2) is 8.17. The molecule has 116 valence electrons. The van der Waals surface area contributed by atoms with E-state index in [1.807, 2.05) is 36.4 Å². The van der Waals surface area contributed by atoms with Crippen LogP contribution in [0.2, 0.25) is 0 Å². The summed E-state index contributed by atoms with van der Waals surface area (Å²) in [4.78, 5) is 18.3. The molecule has 0 aliphatic carbocycles. The number of pyridine rings is 1. The van der Waals surface area contributed by atoms with E-state index in [1.165, 1.54) is 5.69 Å². The number of nitrogens with one attached hydrogen (secondary N) is 1. The van der Waals surface area contributed by atoms with Gasteiger partial charge in [-0.25, -0.2) is 0 Å². The van der Waals surface area contributed by atoms with Gasteiger partial charge in [-0.15, -0.1) is 0 Å². The number of amides is 1. The standard InChI is InChI=1S/C18H23N3O/c1-3-21(4-2)17-10-8-16(9-11-17)20-18(22)12-7-15-6-5-13-19-14-15/h5-6,8-11,13-14H,3-4,7,12H2,1-2H3,(H,20,22). The van der Waals surface area contributed by atoms with Crippen molar-refractivity contribution in [3.63, 3.8) is 0 Å². The fourth-order valence-corrected chi connectivity index (χ4v) is 2.37. The van der Waals surface area contributed by atoms with Crippen LogP contribution in [0.25, 0.3) is 0 Å². The monoisotopic (exact) mass is 297 g/mol. The predicted molar refractivity (Wildman–Crippen MR) is 91.2 cm³/mol. The number of aromatic nitrogens is 1. The molecular weight excluding hydrogens is 274 g/mol. The Morgan fingerprint density at radius 1 is 1.14 bits per heavy atom. The summed E-state index contributed by atoms with van der Waals surface area (Å²) in [5.41, 5.74) is 3.10. The normalized spacial score (nSPS) is 10.3. The Balaban J connectivity index is 1.86. The number of rotatable bonds is 7. The molecule has 0 saturated carbocycles. The molecule has 1 aromatic carbocycles. The van der Waals surface area contributed by atoms with E-state index in [-0.39, 0.29) is 5.91 Å². The summed E-state index contributed by atoms with van der Waals surface area (Å²) in [6.45, 7) is 6.23. The van der Waals surface area contributed by atoms with Crippen LogP contribution in [-0.2, 0) is 11.2 Å². The van der Waals surface area contributed by atoms with Crippen LogP contribution in [0.3, 0.4) is 0 Å². The molecule has 0 spiro atoms. The summed E-state index contributed by atoms with van der Waals surface area (Å²) in [6.07, 6.45) is 4.70. The third-order valence-electron chi connectivity index (χ3n) is 3.64. The van der Waals surface area contributed by atoms with Gasteiger partial charge in [0.2, 0.25) is 5.91 Å². The Hall–Kier alpha value is -2.36. The van der Waals surface area contributed by atoms with E-state index in [2.05, 4.69) is 29.0 Å². The van der Waals surface area contributed by atoms with E-state index in [0.717, 1.165) is 24.3 Å². The molecule has 4 nitrogen and oxygen atoms in total. The summed E-state index contributed by atoms with van der Waals surface area (Å²) in [5.74, 6) is 0.0273. The molecular formula is C18H23N3O. The van der Waals surface area contributed by atoms with Gasteiger partial charge in [0.05, 0.1) is 0 Å². The van der Waals surface area contributed by atoms with E-state index in [0.29, 0.717) is 12.8 Å². The molecule has 22 heavy (non-hydrogen) atoms. The first-order chi connectivity index (χ1) is 10.7. The van der Waals surface area contributed by atoms with Gasteiger partial charge in [0.15, 0.2) is 0 Å². The molecule has 0 unspecified atom stereocenters. The number of carbonyl (C=O) groups is 1. The molecule has 0 saturated heterocycles. The van der Waals surface area contributed by atoms with E-state index in [9.17, 15) is 4.79 Å². The smallest absolute Gasteiger partial charge is 0.224 e. The summed E-state index contributed by atoms with van der Waals surface area (Å²) in [6, 6.07) is 11.9. The van der Waals surface area contributed by atoms with Crippen molar-refractivity contribution in [3.05, 3.63) is 54.4 Å². The molecule has 4 heteroatoms. The number of hydrogen-bond donors (Lipinski definition) is 1. The Morgan fingerprint density at radius 2 is 1.86 bits per heavy atom. The number of benzene rings is 1. The van der Waals surface area contributed by atoms with Gasteiger partial charge in [-0.3, -0.25) is 9.78 Å². The van der Waals surface area contributed by atoms with Crippen molar-refractivity contribution in [1.82, 2.24) is 4.98 Å². The predicted octanol–water partition coefficient (Wildman–Crippen LogP) is 3.50. The first-order valence-corrected chi connectivity index (χ1v) is 7.76. The molecule has 0 bridgehead atoms. The van der Waals surface area contributed by atoms with Crippen molar-refractivity contribution >= 4 is 17.3 Å². The van der Waals surface area contributed by atoms with Crippen molar-refractivity contribution in [2.45, 2.75) is 26.7 Å². The maximum atomic E-state index is 12.0. The maximum Gasteiger partial charge on any atom is 0.224 e. The molecule has 0 fully saturated rings. The fraction of sp³-hybridized carbons (Fsp3) is 0.333. The van der Waals surface area contributed by atoms with Crippen molar-refractivity contribution in [3.8, 4) is 0 Å². The Bertz CT molecular complexity index is 577. The summed E-state index contributed by atoms with van der Waals surface area (Å²) in [5, 5.41) is 2.94. The highest BCUT2D eigenvalue weighted by molar-refractivity contribution is 5.91. The highest BCUT2D eigenvalue weighted by atomic mass is 16.1. The van der Waals surface area contributed by atoms with Gasteiger partial charge in [-0.1, -0.05) is 6.07 Å². The van der Waals surface area contributed by atoms with Gasteiger partial charge in [-0.2, -0.15) is 0 Å². The third-order valence-corrected chi connectivity index (χ3v) is 3.64. The second-order valence-electron chi connectivity index (χ2n) is 5.13. The topological polar surface area (TPSA) is 45.2 Å². The molecule has 0 aliphatic heterocycles. The molecule has 2 aromatic rings. The minimum atomic E-state index is 0.0273. The minimum absolute atomic E-state index is 0.0273. The van der Waals surface area contributed by atoms with Crippen LogP contribution in [0, 0.1) is 0 Å². The average molecular weight is 297 g/mol. The first kappa shape index (κ1) is 16.0. The van der Waals surface area contributed by atoms with Crippen LogP contribution in [0.15, 0.2) is 48.8 Å². The average Bonchev–Trinajstić information content (AvgIpc) is 2.56. The molecule has 0 atom stereocenters. The zero-order valence-corrected chi connectivity index (χ0v) is 13.2. The highest BCUT2D eigenvalue weighted by Crippen LogP contribution is 2.18. The molecule has 1 amide bonds. The van der Waals surface area contributed by atoms with E-state index in [1.54, 1.807) is 12.4 Å². The zero-order chi connectivity index (χ0) is 15.8. The number of nitrogens with zero attached hydrogens (tertiary/aromatic N) is 2. The largest absolute Gasteiger partial charge is 0.372 e. The van der Waals surface area contributed by atoms with Gasteiger partial charge >= 0.3 is 0 Å². The van der Waals surface area contributed by atoms with E-state index < -0.39 is 0 Å². The van der Waals surface area contributed by atoms with Gasteiger partial charge in [0.25, 0.3) is 0 Å². The second-order valence-corrected chi connectivity index (χ2v) is 5.13. The van der Waals surface area contributed by atoms with Crippen molar-refractivity contribution in [2.24, 2.45) is 0 Å². The molecule has 0 radical (unpaired) electrons. The van der Waals surface area contributed by atoms with Crippen molar-refractivity contribution in [1.29, 1.82) is 0 Å². The van der Waals surface area contributed by atoms with Crippen LogP contribution in [0.5, 0.6) is 0 Å². The molecule has 0 aliphatic rings. The number of carbonyl (C=O) groups excluding carboxylic acids is 1. The van der Waals surface area contributed by atoms with Crippen LogP contribution in [0.4, 0.5) is 11.4 Å². The summed E-state index contributed by atoms with van der Waals surface area (Å²) >= 11 is 0. The third kappa shape index (κ3) is 4.58. The Labute approximate surface area is 132 Å². The van der Waals surface area contributed by atoms with Gasteiger partial charge < -0.3 is 10.2 Å². The number of hydrogen-bond acceptors (Lipinski definition) is 3. The molecule has 1 N–H and O–H groups in total. The fourth-order valence-electron chi connectivity index (χ4n) is 2.37. The molecule has 2 rings (SSSR count). The lowest BCUT2D eigenvalue weighted by molar-refractivity contribution is -0.116. The van der Waals surface area contributed by atoms with Crippen molar-refractivity contribution in [2.75, 3.05) is 23.3 Å².